The van der Waals surface area contributed by atoms with E-state index in [0.29, 0.717) is 5.92 Å². The predicted octanol–water partition coefficient (Wildman–Crippen LogP) is 0.873. The van der Waals surface area contributed by atoms with Gasteiger partial charge < -0.3 is 0 Å². The van der Waals surface area contributed by atoms with Crippen molar-refractivity contribution in [3.8, 4) is 0 Å². The maximum Gasteiger partial charge on any atom is 0.230 e. The number of aromatic nitrogens is 1. The summed E-state index contributed by atoms with van der Waals surface area (Å²) in [6, 6.07) is 2.05. The molecule has 9 heavy (non-hydrogen) atoms. The fourth-order valence-corrected chi connectivity index (χ4v) is 1.47. The second-order valence-corrected chi connectivity index (χ2v) is 3.19. The molecular formula is C6H11N2S+. The minimum Gasteiger partial charge on any atom is -0.192 e. The van der Waals surface area contributed by atoms with Crippen LogP contribution in [-0.2, 0) is 0 Å². The van der Waals surface area contributed by atoms with E-state index < -0.39 is 0 Å². The Morgan fingerprint density at radius 2 is 2.33 bits per heavy atom. The summed E-state index contributed by atoms with van der Waals surface area (Å²) >= 11 is 1.53. The average molecular weight is 143 g/mol. The van der Waals surface area contributed by atoms with Crippen LogP contribution in [0.25, 0.3) is 0 Å². The molecule has 1 rings (SSSR count). The molecule has 50 valence electrons. The number of nitrogens with zero attached hydrogens (tertiary/aromatic N) is 1. The smallest absolute Gasteiger partial charge is 0.192 e. The van der Waals surface area contributed by atoms with Crippen LogP contribution >= 0.6 is 11.5 Å². The molecule has 0 aliphatic carbocycles. The van der Waals surface area contributed by atoms with Crippen LogP contribution in [0.1, 0.15) is 25.5 Å². The van der Waals surface area contributed by atoms with E-state index >= 15 is 0 Å². The highest BCUT2D eigenvalue weighted by Crippen LogP contribution is 2.08. The van der Waals surface area contributed by atoms with Crippen LogP contribution in [0, 0.1) is 0 Å². The Morgan fingerprint density at radius 3 is 2.56 bits per heavy atom. The molecule has 0 saturated carbocycles. The largest absolute Gasteiger partial charge is 0.230 e. The van der Waals surface area contributed by atoms with Crippen molar-refractivity contribution in [2.45, 2.75) is 19.8 Å². The van der Waals surface area contributed by atoms with Crippen molar-refractivity contribution < 1.29 is 4.07 Å². The van der Waals surface area contributed by atoms with E-state index in [4.69, 9.17) is 5.84 Å². The van der Waals surface area contributed by atoms with Gasteiger partial charge in [0, 0.05) is 12.0 Å². The lowest BCUT2D eigenvalue weighted by atomic mass is 10.1. The van der Waals surface area contributed by atoms with E-state index in [0.717, 1.165) is 0 Å². The third kappa shape index (κ3) is 1.21. The van der Waals surface area contributed by atoms with Crippen LogP contribution in [0.4, 0.5) is 0 Å². The van der Waals surface area contributed by atoms with Crippen molar-refractivity contribution in [2.75, 3.05) is 5.84 Å². The number of rotatable bonds is 1. The van der Waals surface area contributed by atoms with E-state index in [2.05, 4.69) is 19.9 Å². The van der Waals surface area contributed by atoms with Crippen LogP contribution in [0.2, 0.25) is 0 Å². The summed E-state index contributed by atoms with van der Waals surface area (Å²) < 4.78 is 1.70. The van der Waals surface area contributed by atoms with Crippen molar-refractivity contribution in [3.05, 3.63) is 17.1 Å². The van der Waals surface area contributed by atoms with Crippen molar-refractivity contribution in [2.24, 2.45) is 0 Å². The summed E-state index contributed by atoms with van der Waals surface area (Å²) in [6.45, 7) is 4.26. The molecule has 0 saturated heterocycles. The second-order valence-electron chi connectivity index (χ2n) is 2.31. The molecule has 0 aliphatic heterocycles. The Labute approximate surface area is 59.0 Å². The summed E-state index contributed by atoms with van der Waals surface area (Å²) in [7, 11) is 0. The SMILES string of the molecule is CC(C)c1ccs[n+]1N. The van der Waals surface area contributed by atoms with Gasteiger partial charge in [0.1, 0.15) is 0 Å². The third-order valence-corrected chi connectivity index (χ3v) is 1.95. The molecule has 0 fully saturated rings. The molecular weight excluding hydrogens is 132 g/mol. The first-order valence-electron chi connectivity index (χ1n) is 2.97. The van der Waals surface area contributed by atoms with Crippen molar-refractivity contribution >= 4 is 11.5 Å². The van der Waals surface area contributed by atoms with Gasteiger partial charge in [0.25, 0.3) is 0 Å². The first-order valence-corrected chi connectivity index (χ1v) is 3.80. The van der Waals surface area contributed by atoms with Gasteiger partial charge in [-0.05, 0) is 4.07 Å². The van der Waals surface area contributed by atoms with Gasteiger partial charge in [-0.2, -0.15) is 5.84 Å². The van der Waals surface area contributed by atoms with Gasteiger partial charge in [-0.15, -0.1) is 0 Å². The van der Waals surface area contributed by atoms with Crippen LogP contribution in [-0.4, -0.2) is 0 Å². The highest BCUT2D eigenvalue weighted by atomic mass is 32.1. The summed E-state index contributed by atoms with van der Waals surface area (Å²) in [5, 5.41) is 2.00. The van der Waals surface area contributed by atoms with E-state index in [-0.39, 0.29) is 0 Å². The fourth-order valence-electron chi connectivity index (χ4n) is 0.747. The molecule has 0 bridgehead atoms. The van der Waals surface area contributed by atoms with Crippen LogP contribution in [0.3, 0.4) is 0 Å². The topological polar surface area (TPSA) is 29.9 Å². The summed E-state index contributed by atoms with van der Waals surface area (Å²) in [6.07, 6.45) is 0. The van der Waals surface area contributed by atoms with Gasteiger partial charge in [-0.1, -0.05) is 13.8 Å². The molecule has 2 nitrogen and oxygen atoms in total. The van der Waals surface area contributed by atoms with Gasteiger partial charge >= 0.3 is 0 Å². The molecule has 1 aromatic rings. The van der Waals surface area contributed by atoms with E-state index in [1.807, 2.05) is 5.38 Å². The minimum absolute atomic E-state index is 0.529. The van der Waals surface area contributed by atoms with E-state index in [1.54, 1.807) is 4.07 Å². The fraction of sp³-hybridized carbons (Fsp3) is 0.500. The maximum atomic E-state index is 5.58. The van der Waals surface area contributed by atoms with Crippen molar-refractivity contribution in [1.29, 1.82) is 0 Å². The lowest BCUT2D eigenvalue weighted by molar-refractivity contribution is -0.576. The first kappa shape index (κ1) is 6.55. The molecule has 1 aromatic heterocycles. The molecule has 0 radical (unpaired) electrons. The molecule has 0 atom stereocenters. The van der Waals surface area contributed by atoms with Gasteiger partial charge in [0.05, 0.1) is 5.38 Å². The molecule has 0 unspecified atom stereocenters. The zero-order valence-corrected chi connectivity index (χ0v) is 6.48. The lowest BCUT2D eigenvalue weighted by Gasteiger charge is -1.92. The summed E-state index contributed by atoms with van der Waals surface area (Å²) in [4.78, 5) is 0. The Kier molecular flexibility index (Phi) is 1.71. The quantitative estimate of drug-likeness (QED) is 0.459. The molecule has 0 spiro atoms. The van der Waals surface area contributed by atoms with Gasteiger partial charge in [0.2, 0.25) is 5.69 Å². The molecule has 0 aromatic carbocycles. The highest BCUT2D eigenvalue weighted by molar-refractivity contribution is 6.99. The standard InChI is InChI=1S/C6H11N2S/c1-5(2)6-3-4-9-8(6)7/h3-5H,7H2,1-2H3/q+1. The number of hydrogen-bond donors (Lipinski definition) is 1. The number of nitrogens with two attached hydrogens (primary N) is 1. The molecule has 1 heterocycles. The second kappa shape index (κ2) is 2.35. The molecule has 2 N–H and O–H groups in total. The van der Waals surface area contributed by atoms with Gasteiger partial charge in [0.15, 0.2) is 11.5 Å². The Hall–Kier alpha value is -0.570. The highest BCUT2D eigenvalue weighted by Gasteiger charge is 2.12. The van der Waals surface area contributed by atoms with E-state index in [9.17, 15) is 0 Å². The maximum absolute atomic E-state index is 5.58. The lowest BCUT2D eigenvalue weighted by Crippen LogP contribution is -2.43. The summed E-state index contributed by atoms with van der Waals surface area (Å²) in [5.41, 5.74) is 1.19. The van der Waals surface area contributed by atoms with Crippen molar-refractivity contribution in [3.63, 3.8) is 0 Å². The average Bonchev–Trinajstić information content (AvgIpc) is 2.13. The van der Waals surface area contributed by atoms with Crippen LogP contribution in [0.15, 0.2) is 11.4 Å². The minimum atomic E-state index is 0.529. The van der Waals surface area contributed by atoms with Crippen molar-refractivity contribution in [1.82, 2.24) is 0 Å². The molecule has 0 aliphatic rings. The Morgan fingerprint density at radius 1 is 1.67 bits per heavy atom. The zero-order valence-electron chi connectivity index (χ0n) is 5.66. The predicted molar refractivity (Wildman–Crippen MR) is 38.8 cm³/mol. The number of nitrogen functional groups attached to an aromatic ring is 1. The normalized spacial score (nSPS) is 10.6. The van der Waals surface area contributed by atoms with Gasteiger partial charge in [-0.3, -0.25) is 0 Å². The third-order valence-electron chi connectivity index (χ3n) is 1.26. The van der Waals surface area contributed by atoms with E-state index in [1.165, 1.54) is 17.2 Å². The Bertz CT molecular complexity index is 193. The summed E-state index contributed by atoms with van der Waals surface area (Å²) in [5.74, 6) is 6.11. The monoisotopic (exact) mass is 143 g/mol. The Balaban J connectivity index is 2.94. The molecule has 3 heteroatoms. The zero-order chi connectivity index (χ0) is 6.85. The van der Waals surface area contributed by atoms with Crippen LogP contribution < -0.4 is 9.91 Å². The van der Waals surface area contributed by atoms with Crippen LogP contribution in [0.5, 0.6) is 0 Å². The molecule has 0 amide bonds. The first-order chi connectivity index (χ1) is 4.22. The van der Waals surface area contributed by atoms with Gasteiger partial charge in [-0.25, -0.2) is 0 Å². The number of hydrogen-bond acceptors (Lipinski definition) is 2.